The van der Waals surface area contributed by atoms with Crippen molar-refractivity contribution in [2.45, 2.75) is 118 Å². The topological polar surface area (TPSA) is 40.5 Å². The molecule has 0 saturated heterocycles. The Hall–Kier alpha value is -0.340. The molecule has 5 rings (SSSR count). The summed E-state index contributed by atoms with van der Waals surface area (Å²) in [5, 5.41) is 21.4. The van der Waals surface area contributed by atoms with E-state index in [4.69, 9.17) is 0 Å². The lowest BCUT2D eigenvalue weighted by atomic mass is 9.32. The van der Waals surface area contributed by atoms with Crippen molar-refractivity contribution in [3.63, 3.8) is 0 Å². The lowest BCUT2D eigenvalue weighted by Gasteiger charge is -2.73. The van der Waals surface area contributed by atoms with Crippen LogP contribution in [0.3, 0.4) is 0 Å². The third-order valence-electron chi connectivity index (χ3n) is 14.1. The number of aliphatic hydroxyl groups is 2. The first-order chi connectivity index (χ1) is 15.4. The van der Waals surface area contributed by atoms with Crippen molar-refractivity contribution in [2.24, 2.45) is 56.7 Å². The van der Waals surface area contributed by atoms with Crippen LogP contribution in [0.15, 0.2) is 12.2 Å². The standard InChI is InChI=1S/C31H52O2/c1-8-31-16-11-21(20(2)3)26(31)22-9-10-24-27(4)14-13-25(33)28(5,19-32)23(27)12-15-30(24,7)29(22,6)17-18-31/h21-26,32-33H,2,8-19H2,1,3-7H3/t21?,22?,23-,24?,25+,26?,27+,28+,29-,30-,31-/m1/s1. The minimum atomic E-state index is -0.355. The van der Waals surface area contributed by atoms with E-state index >= 15 is 0 Å². The Balaban J connectivity index is 1.55. The summed E-state index contributed by atoms with van der Waals surface area (Å²) in [5.74, 6) is 3.53. The molecule has 5 saturated carbocycles. The van der Waals surface area contributed by atoms with E-state index in [1.165, 1.54) is 63.4 Å². The largest absolute Gasteiger partial charge is 0.396 e. The zero-order valence-corrected chi connectivity index (χ0v) is 22.6. The van der Waals surface area contributed by atoms with Gasteiger partial charge in [0.15, 0.2) is 0 Å². The van der Waals surface area contributed by atoms with Crippen molar-refractivity contribution in [1.82, 2.24) is 0 Å². The third-order valence-corrected chi connectivity index (χ3v) is 14.1. The predicted molar refractivity (Wildman–Crippen MR) is 137 cm³/mol. The second-order valence-corrected chi connectivity index (χ2v) is 14.6. The highest BCUT2D eigenvalue weighted by molar-refractivity contribution is 5.21. The zero-order valence-electron chi connectivity index (χ0n) is 22.6. The van der Waals surface area contributed by atoms with Crippen molar-refractivity contribution in [3.8, 4) is 0 Å². The average Bonchev–Trinajstić information content (AvgIpc) is 3.17. The van der Waals surface area contributed by atoms with Crippen LogP contribution in [0, 0.1) is 56.7 Å². The molecule has 0 heterocycles. The van der Waals surface area contributed by atoms with Gasteiger partial charge in [-0.2, -0.15) is 0 Å². The molecule has 0 amide bonds. The molecule has 5 fully saturated rings. The monoisotopic (exact) mass is 456 g/mol. The normalized spacial score (nSPS) is 58.1. The van der Waals surface area contributed by atoms with Gasteiger partial charge in [-0.3, -0.25) is 0 Å². The van der Waals surface area contributed by atoms with E-state index < -0.39 is 0 Å². The van der Waals surface area contributed by atoms with Crippen LogP contribution in [-0.2, 0) is 0 Å². The fourth-order valence-corrected chi connectivity index (χ4v) is 11.9. The van der Waals surface area contributed by atoms with E-state index in [1.807, 2.05) is 0 Å². The van der Waals surface area contributed by atoms with E-state index in [9.17, 15) is 10.2 Å². The molecule has 11 atom stereocenters. The molecule has 0 aromatic heterocycles. The summed E-state index contributed by atoms with van der Waals surface area (Å²) in [5.41, 5.74) is 2.66. The molecule has 0 bridgehead atoms. The molecule has 0 aliphatic heterocycles. The zero-order chi connectivity index (χ0) is 24.0. The van der Waals surface area contributed by atoms with E-state index in [1.54, 1.807) is 0 Å². The predicted octanol–water partition coefficient (Wildman–Crippen LogP) is 7.39. The summed E-state index contributed by atoms with van der Waals surface area (Å²) < 4.78 is 0. The molecule has 33 heavy (non-hydrogen) atoms. The number of hydrogen-bond donors (Lipinski definition) is 2. The Morgan fingerprint density at radius 2 is 1.58 bits per heavy atom. The van der Waals surface area contributed by atoms with Crippen LogP contribution in [0.4, 0.5) is 0 Å². The molecular weight excluding hydrogens is 404 g/mol. The molecule has 2 nitrogen and oxygen atoms in total. The van der Waals surface area contributed by atoms with Crippen LogP contribution in [0.2, 0.25) is 0 Å². The van der Waals surface area contributed by atoms with Gasteiger partial charge in [-0.15, -0.1) is 0 Å². The summed E-state index contributed by atoms with van der Waals surface area (Å²) in [7, 11) is 0. The van der Waals surface area contributed by atoms with Crippen LogP contribution < -0.4 is 0 Å². The molecule has 2 heteroatoms. The summed E-state index contributed by atoms with van der Waals surface area (Å²) in [6.07, 6.45) is 13.8. The van der Waals surface area contributed by atoms with Gasteiger partial charge in [-0.05, 0) is 122 Å². The highest BCUT2D eigenvalue weighted by Gasteiger charge is 2.70. The first-order valence-electron chi connectivity index (χ1n) is 14.4. The minimum absolute atomic E-state index is 0.124. The van der Waals surface area contributed by atoms with Crippen LogP contribution in [0.1, 0.15) is 112 Å². The first kappa shape index (κ1) is 24.4. The molecule has 2 N–H and O–H groups in total. The molecule has 0 aromatic rings. The fraction of sp³-hybridized carbons (Fsp3) is 0.935. The van der Waals surface area contributed by atoms with Gasteiger partial charge in [-0.25, -0.2) is 0 Å². The Morgan fingerprint density at radius 1 is 0.848 bits per heavy atom. The van der Waals surface area contributed by atoms with E-state index in [0.29, 0.717) is 28.1 Å². The Bertz CT molecular complexity index is 805. The Morgan fingerprint density at radius 3 is 2.21 bits per heavy atom. The van der Waals surface area contributed by atoms with Crippen LogP contribution in [-0.4, -0.2) is 22.9 Å². The van der Waals surface area contributed by atoms with Gasteiger partial charge >= 0.3 is 0 Å². The molecular formula is C31H52O2. The quantitative estimate of drug-likeness (QED) is 0.435. The van der Waals surface area contributed by atoms with Gasteiger partial charge in [0.25, 0.3) is 0 Å². The molecule has 0 spiro atoms. The maximum Gasteiger partial charge on any atom is 0.0618 e. The number of rotatable bonds is 3. The van der Waals surface area contributed by atoms with Gasteiger partial charge in [0.05, 0.1) is 12.7 Å². The minimum Gasteiger partial charge on any atom is -0.396 e. The summed E-state index contributed by atoms with van der Waals surface area (Å²) in [4.78, 5) is 0. The van der Waals surface area contributed by atoms with Crippen molar-refractivity contribution in [3.05, 3.63) is 12.2 Å². The number of hydrogen-bond acceptors (Lipinski definition) is 2. The maximum absolute atomic E-state index is 11.0. The molecule has 0 aromatic carbocycles. The maximum atomic E-state index is 11.0. The van der Waals surface area contributed by atoms with Gasteiger partial charge in [0.2, 0.25) is 0 Å². The molecule has 4 unspecified atom stereocenters. The fourth-order valence-electron chi connectivity index (χ4n) is 11.9. The van der Waals surface area contributed by atoms with E-state index in [0.717, 1.165) is 30.6 Å². The molecule has 0 radical (unpaired) electrons. The van der Waals surface area contributed by atoms with Gasteiger partial charge in [0, 0.05) is 5.41 Å². The summed E-state index contributed by atoms with van der Waals surface area (Å²) >= 11 is 0. The number of fused-ring (bicyclic) bond motifs is 7. The SMILES string of the molecule is C=C(C)C1CC[C@]2(CC)CC[C@]3(C)C(CCC4[C@@]5(C)CC[C@H](O)[C@@](C)(CO)[C@@H]5CC[C@]43C)C12. The number of allylic oxidation sites excluding steroid dienone is 1. The smallest absolute Gasteiger partial charge is 0.0618 e. The van der Waals surface area contributed by atoms with Crippen molar-refractivity contribution in [2.75, 3.05) is 6.61 Å². The molecule has 5 aliphatic carbocycles. The van der Waals surface area contributed by atoms with Crippen LogP contribution in [0.25, 0.3) is 0 Å². The highest BCUT2D eigenvalue weighted by Crippen LogP contribution is 2.77. The lowest BCUT2D eigenvalue weighted by Crippen LogP contribution is -2.67. The van der Waals surface area contributed by atoms with Gasteiger partial charge in [0.1, 0.15) is 0 Å². The van der Waals surface area contributed by atoms with E-state index in [-0.39, 0.29) is 23.5 Å². The Labute approximate surface area is 204 Å². The number of aliphatic hydroxyl groups excluding tert-OH is 2. The highest BCUT2D eigenvalue weighted by atomic mass is 16.3. The van der Waals surface area contributed by atoms with Gasteiger partial charge < -0.3 is 10.2 Å². The average molecular weight is 457 g/mol. The van der Waals surface area contributed by atoms with Crippen molar-refractivity contribution >= 4 is 0 Å². The van der Waals surface area contributed by atoms with Crippen LogP contribution >= 0.6 is 0 Å². The third kappa shape index (κ3) is 2.86. The second kappa shape index (κ2) is 7.58. The van der Waals surface area contributed by atoms with Gasteiger partial charge in [-0.1, -0.05) is 53.2 Å². The molecule has 188 valence electrons. The molecule has 5 aliphatic rings. The van der Waals surface area contributed by atoms with E-state index in [2.05, 4.69) is 48.1 Å². The van der Waals surface area contributed by atoms with Crippen molar-refractivity contribution < 1.29 is 10.2 Å². The second-order valence-electron chi connectivity index (χ2n) is 14.6. The van der Waals surface area contributed by atoms with Crippen LogP contribution in [0.5, 0.6) is 0 Å². The lowest BCUT2D eigenvalue weighted by molar-refractivity contribution is -0.254. The van der Waals surface area contributed by atoms with Crippen molar-refractivity contribution in [1.29, 1.82) is 0 Å². The summed E-state index contributed by atoms with van der Waals surface area (Å²) in [6.45, 7) is 19.6. The first-order valence-corrected chi connectivity index (χ1v) is 14.4. The Kier molecular flexibility index (Phi) is 5.60. The summed E-state index contributed by atoms with van der Waals surface area (Å²) in [6, 6.07) is 0.